The summed E-state index contributed by atoms with van der Waals surface area (Å²) < 4.78 is 0. The normalized spacial score (nSPS) is 10.6. The number of benzene rings is 1. The van der Waals surface area contributed by atoms with Gasteiger partial charge in [-0.15, -0.1) is 0 Å². The summed E-state index contributed by atoms with van der Waals surface area (Å²) in [6.45, 7) is 10.9. The Bertz CT molecular complexity index is 1220. The van der Waals surface area contributed by atoms with Crippen molar-refractivity contribution >= 4 is 18.4 Å². The molecule has 0 aliphatic heterocycles. The Balaban J connectivity index is 1.82. The third kappa shape index (κ3) is 5.58. The van der Waals surface area contributed by atoms with E-state index in [9.17, 15) is 4.79 Å². The van der Waals surface area contributed by atoms with Crippen molar-refractivity contribution < 1.29 is 4.79 Å². The summed E-state index contributed by atoms with van der Waals surface area (Å²) in [6.07, 6.45) is 7.93. The summed E-state index contributed by atoms with van der Waals surface area (Å²) in [7, 11) is 0. The van der Waals surface area contributed by atoms with E-state index in [-0.39, 0.29) is 5.91 Å². The molecule has 6 nitrogen and oxygen atoms in total. The Kier molecular flexibility index (Phi) is 6.82. The molecular formula is C25H21N5O. The summed E-state index contributed by atoms with van der Waals surface area (Å²) >= 11 is 0. The Morgan fingerprint density at radius 2 is 1.94 bits per heavy atom. The fourth-order valence-corrected chi connectivity index (χ4v) is 2.73. The van der Waals surface area contributed by atoms with Gasteiger partial charge in [0, 0.05) is 35.3 Å². The minimum atomic E-state index is -0.370. The van der Waals surface area contributed by atoms with Crippen LogP contribution in [0.25, 0.3) is 11.3 Å². The van der Waals surface area contributed by atoms with Crippen LogP contribution in [0.3, 0.4) is 0 Å². The average molecular weight is 407 g/mol. The zero-order valence-corrected chi connectivity index (χ0v) is 17.4. The van der Waals surface area contributed by atoms with E-state index in [2.05, 4.69) is 50.4 Å². The molecule has 2 aromatic heterocycles. The van der Waals surface area contributed by atoms with Crippen LogP contribution in [-0.2, 0) is 4.79 Å². The second kappa shape index (κ2) is 9.90. The third-order valence-electron chi connectivity index (χ3n) is 4.34. The number of aromatic nitrogens is 3. The van der Waals surface area contributed by atoms with Gasteiger partial charge in [0.05, 0.1) is 23.7 Å². The predicted octanol–water partition coefficient (Wildman–Crippen LogP) is 4.35. The molecule has 0 bridgehead atoms. The second-order valence-corrected chi connectivity index (χ2v) is 6.77. The molecule has 1 N–H and O–H groups in total. The average Bonchev–Trinajstić information content (AvgIpc) is 2.78. The molecule has 0 atom stereocenters. The fraction of sp³-hybridized carbons (Fsp3) is 0.0800. The molecule has 0 saturated heterocycles. The largest absolute Gasteiger partial charge is 0.305 e. The van der Waals surface area contributed by atoms with Gasteiger partial charge in [-0.25, -0.2) is 4.98 Å². The first-order valence-corrected chi connectivity index (χ1v) is 9.46. The molecule has 2 heterocycles. The number of hydrogen-bond acceptors (Lipinski definition) is 5. The van der Waals surface area contributed by atoms with Gasteiger partial charge in [-0.2, -0.15) is 0 Å². The molecule has 1 amide bonds. The first kappa shape index (κ1) is 21.3. The van der Waals surface area contributed by atoms with Crippen molar-refractivity contribution in [3.05, 3.63) is 95.7 Å². The van der Waals surface area contributed by atoms with Gasteiger partial charge in [-0.3, -0.25) is 19.8 Å². The van der Waals surface area contributed by atoms with Crippen molar-refractivity contribution in [1.29, 1.82) is 0 Å². The number of nitrogens with zero attached hydrogens (tertiary/aromatic N) is 4. The maximum absolute atomic E-state index is 12.4. The number of aryl methyl sites for hydroxylation is 1. The monoisotopic (exact) mass is 407 g/mol. The highest BCUT2D eigenvalue weighted by molar-refractivity contribution is 6.06. The third-order valence-corrected chi connectivity index (χ3v) is 4.34. The van der Waals surface area contributed by atoms with Crippen LogP contribution in [0.1, 0.15) is 23.6 Å². The zero-order valence-electron chi connectivity index (χ0n) is 17.4. The standard InChI is InChI=1S/C25H21N5O/c1-17(2)22(14-26-4)25(31)30-24-16-28-23(15-29-24)21-12-19(8-7-18(21)3)9-10-20-6-5-11-27-13-20/h5-8,11-16H,1,4H2,2-3H3,(H,29,30,31)/b22-14+. The topological polar surface area (TPSA) is 80.1 Å². The van der Waals surface area contributed by atoms with Crippen molar-refractivity contribution in [1.82, 2.24) is 15.0 Å². The maximum atomic E-state index is 12.4. The lowest BCUT2D eigenvalue weighted by Gasteiger charge is -2.09. The molecule has 152 valence electrons. The van der Waals surface area contributed by atoms with E-state index in [4.69, 9.17) is 0 Å². The van der Waals surface area contributed by atoms with Crippen LogP contribution in [0.15, 0.2) is 84.0 Å². The van der Waals surface area contributed by atoms with E-state index in [1.54, 1.807) is 25.5 Å². The van der Waals surface area contributed by atoms with Crippen LogP contribution in [0.4, 0.5) is 5.82 Å². The number of carbonyl (C=O) groups is 1. The van der Waals surface area contributed by atoms with E-state index in [0.29, 0.717) is 22.7 Å². The van der Waals surface area contributed by atoms with Crippen molar-refractivity contribution in [3.63, 3.8) is 0 Å². The molecular weight excluding hydrogens is 386 g/mol. The number of pyridine rings is 1. The van der Waals surface area contributed by atoms with Gasteiger partial charge in [-0.05, 0) is 56.0 Å². The first-order valence-electron chi connectivity index (χ1n) is 9.46. The molecule has 0 saturated carbocycles. The van der Waals surface area contributed by atoms with Crippen LogP contribution in [0.5, 0.6) is 0 Å². The number of hydrogen-bond donors (Lipinski definition) is 1. The van der Waals surface area contributed by atoms with Crippen LogP contribution >= 0.6 is 0 Å². The van der Waals surface area contributed by atoms with Gasteiger partial charge in [0.25, 0.3) is 5.91 Å². The SMILES string of the molecule is C=N/C=C(\C(=C)C)C(=O)Nc1cnc(-c2cc(C#Cc3cccnc3)ccc2C)cn1. The summed E-state index contributed by atoms with van der Waals surface area (Å²) in [6, 6.07) is 9.69. The van der Waals surface area contributed by atoms with Gasteiger partial charge in [0.15, 0.2) is 5.82 Å². The highest BCUT2D eigenvalue weighted by Gasteiger charge is 2.12. The van der Waals surface area contributed by atoms with Crippen molar-refractivity contribution in [2.45, 2.75) is 13.8 Å². The summed E-state index contributed by atoms with van der Waals surface area (Å²) in [5.41, 5.74) is 5.26. The molecule has 31 heavy (non-hydrogen) atoms. The summed E-state index contributed by atoms with van der Waals surface area (Å²) in [5.74, 6) is 6.21. The lowest BCUT2D eigenvalue weighted by molar-refractivity contribution is -0.112. The lowest BCUT2D eigenvalue weighted by atomic mass is 10.0. The quantitative estimate of drug-likeness (QED) is 0.295. The smallest absolute Gasteiger partial charge is 0.258 e. The molecule has 0 aliphatic rings. The fourth-order valence-electron chi connectivity index (χ4n) is 2.73. The van der Waals surface area contributed by atoms with Gasteiger partial charge in [-0.1, -0.05) is 24.5 Å². The van der Waals surface area contributed by atoms with Crippen LogP contribution in [0, 0.1) is 18.8 Å². The van der Waals surface area contributed by atoms with E-state index in [1.807, 2.05) is 37.3 Å². The van der Waals surface area contributed by atoms with E-state index >= 15 is 0 Å². The molecule has 0 fully saturated rings. The van der Waals surface area contributed by atoms with Crippen molar-refractivity contribution in [3.8, 4) is 23.1 Å². The molecule has 3 rings (SSSR count). The number of carbonyl (C=O) groups excluding carboxylic acids is 1. The van der Waals surface area contributed by atoms with Gasteiger partial charge < -0.3 is 5.32 Å². The molecule has 0 spiro atoms. The second-order valence-electron chi connectivity index (χ2n) is 6.77. The van der Waals surface area contributed by atoms with Crippen LogP contribution in [-0.4, -0.2) is 27.6 Å². The Labute approximate surface area is 181 Å². The molecule has 0 radical (unpaired) electrons. The number of nitrogens with one attached hydrogen (secondary N) is 1. The van der Waals surface area contributed by atoms with Crippen molar-refractivity contribution in [2.75, 3.05) is 5.32 Å². The molecule has 1 aromatic carbocycles. The Morgan fingerprint density at radius 3 is 2.58 bits per heavy atom. The van der Waals surface area contributed by atoms with E-state index < -0.39 is 0 Å². The molecule has 0 aliphatic carbocycles. The maximum Gasteiger partial charge on any atom is 0.258 e. The summed E-state index contributed by atoms with van der Waals surface area (Å²) in [4.78, 5) is 28.9. The number of amides is 1. The Morgan fingerprint density at radius 1 is 1.13 bits per heavy atom. The highest BCUT2D eigenvalue weighted by atomic mass is 16.1. The van der Waals surface area contributed by atoms with Gasteiger partial charge >= 0.3 is 0 Å². The van der Waals surface area contributed by atoms with Gasteiger partial charge in [0.2, 0.25) is 0 Å². The molecule has 0 unspecified atom stereocenters. The first-order chi connectivity index (χ1) is 15.0. The van der Waals surface area contributed by atoms with Crippen LogP contribution in [0.2, 0.25) is 0 Å². The molecule has 3 aromatic rings. The zero-order chi connectivity index (χ0) is 22.2. The van der Waals surface area contributed by atoms with Crippen molar-refractivity contribution in [2.24, 2.45) is 4.99 Å². The predicted molar refractivity (Wildman–Crippen MR) is 123 cm³/mol. The Hall–Kier alpha value is -4.37. The van der Waals surface area contributed by atoms with Crippen LogP contribution < -0.4 is 5.32 Å². The number of anilines is 1. The minimum Gasteiger partial charge on any atom is -0.305 e. The number of aliphatic imine (C=N–C) groups is 1. The van der Waals surface area contributed by atoms with E-state index in [1.165, 1.54) is 12.4 Å². The van der Waals surface area contributed by atoms with Gasteiger partial charge in [0.1, 0.15) is 0 Å². The van der Waals surface area contributed by atoms with E-state index in [0.717, 1.165) is 22.3 Å². The molecule has 6 heteroatoms. The summed E-state index contributed by atoms with van der Waals surface area (Å²) in [5, 5.41) is 2.69. The minimum absolute atomic E-state index is 0.329. The number of rotatable bonds is 5. The lowest BCUT2D eigenvalue weighted by Crippen LogP contribution is -2.16. The highest BCUT2D eigenvalue weighted by Crippen LogP contribution is 2.23.